The minimum atomic E-state index is -0.454. The fraction of sp³-hybridized carbons (Fsp3) is 0.286. The van der Waals surface area contributed by atoms with E-state index in [1.807, 2.05) is 0 Å². The molecule has 34 heavy (non-hydrogen) atoms. The number of nitrogens with zero attached hydrogens (tertiary/aromatic N) is 6. The molecule has 13 heteroatoms. The summed E-state index contributed by atoms with van der Waals surface area (Å²) in [6, 6.07) is 4.88. The van der Waals surface area contributed by atoms with Gasteiger partial charge in [-0.2, -0.15) is 0 Å². The second kappa shape index (κ2) is 9.02. The molecule has 0 atom stereocenters. The number of nitro groups is 1. The summed E-state index contributed by atoms with van der Waals surface area (Å²) in [5, 5.41) is 16.0. The van der Waals surface area contributed by atoms with Gasteiger partial charge < -0.3 is 9.88 Å². The van der Waals surface area contributed by atoms with Gasteiger partial charge in [-0.15, -0.1) is 11.3 Å². The first-order valence-electron chi connectivity index (χ1n) is 10.3. The van der Waals surface area contributed by atoms with Crippen LogP contribution in [0.1, 0.15) is 18.4 Å². The van der Waals surface area contributed by atoms with Crippen molar-refractivity contribution in [1.29, 1.82) is 0 Å². The van der Waals surface area contributed by atoms with Crippen molar-refractivity contribution in [2.75, 3.05) is 5.32 Å². The van der Waals surface area contributed by atoms with Crippen molar-refractivity contribution in [2.24, 2.45) is 14.1 Å². The fourth-order valence-electron chi connectivity index (χ4n) is 3.59. The summed E-state index contributed by atoms with van der Waals surface area (Å²) in [6.45, 7) is 2.04. The van der Waals surface area contributed by atoms with Crippen LogP contribution < -0.4 is 16.6 Å². The molecule has 0 spiro atoms. The van der Waals surface area contributed by atoms with Crippen LogP contribution in [0.2, 0.25) is 0 Å². The van der Waals surface area contributed by atoms with Crippen molar-refractivity contribution in [3.05, 3.63) is 66.4 Å². The smallest absolute Gasteiger partial charge is 0.325 e. The number of nitro benzene ring substituents is 1. The number of hydrogen-bond acceptors (Lipinski definition) is 8. The SMILES string of the molecule is Cc1ccc(-c2csc(NC(=O)CCCn3cnc4c3c(=O)n(C)c(=O)n4C)n2)cc1[N+](=O)[O-]. The van der Waals surface area contributed by atoms with E-state index in [-0.39, 0.29) is 18.0 Å². The Morgan fingerprint density at radius 2 is 2.00 bits per heavy atom. The van der Waals surface area contributed by atoms with Crippen LogP contribution in [-0.4, -0.2) is 34.5 Å². The molecule has 3 heterocycles. The molecule has 0 saturated heterocycles. The number of aromatic nitrogens is 5. The Kier molecular flexibility index (Phi) is 6.11. The van der Waals surface area contributed by atoms with E-state index < -0.39 is 16.2 Å². The Morgan fingerprint density at radius 1 is 1.24 bits per heavy atom. The highest BCUT2D eigenvalue weighted by atomic mass is 32.1. The summed E-state index contributed by atoms with van der Waals surface area (Å²) in [5.41, 5.74) is 1.41. The van der Waals surface area contributed by atoms with Crippen molar-refractivity contribution >= 4 is 39.2 Å². The van der Waals surface area contributed by atoms with Gasteiger partial charge in [0.25, 0.3) is 11.2 Å². The fourth-order valence-corrected chi connectivity index (χ4v) is 4.32. The molecule has 0 radical (unpaired) electrons. The van der Waals surface area contributed by atoms with E-state index in [0.717, 1.165) is 4.57 Å². The van der Waals surface area contributed by atoms with E-state index in [1.165, 1.54) is 35.3 Å². The van der Waals surface area contributed by atoms with Gasteiger partial charge in [-0.05, 0) is 13.3 Å². The maximum Gasteiger partial charge on any atom is 0.332 e. The number of nitrogens with one attached hydrogen (secondary N) is 1. The number of anilines is 1. The van der Waals surface area contributed by atoms with Crippen molar-refractivity contribution in [2.45, 2.75) is 26.3 Å². The van der Waals surface area contributed by atoms with Crippen LogP contribution in [-0.2, 0) is 25.4 Å². The number of imidazole rings is 1. The minimum absolute atomic E-state index is 0.0120. The van der Waals surface area contributed by atoms with Crippen molar-refractivity contribution < 1.29 is 9.72 Å². The lowest BCUT2D eigenvalue weighted by molar-refractivity contribution is -0.385. The van der Waals surface area contributed by atoms with Crippen LogP contribution in [0, 0.1) is 17.0 Å². The molecule has 4 aromatic rings. The predicted molar refractivity (Wildman–Crippen MR) is 127 cm³/mol. The van der Waals surface area contributed by atoms with Crippen LogP contribution in [0.4, 0.5) is 10.8 Å². The molecule has 176 valence electrons. The Morgan fingerprint density at radius 3 is 2.74 bits per heavy atom. The molecule has 0 aliphatic carbocycles. The first-order chi connectivity index (χ1) is 16.2. The summed E-state index contributed by atoms with van der Waals surface area (Å²) in [7, 11) is 2.96. The van der Waals surface area contributed by atoms with Crippen molar-refractivity contribution in [3.63, 3.8) is 0 Å². The van der Waals surface area contributed by atoms with E-state index in [0.29, 0.717) is 46.1 Å². The van der Waals surface area contributed by atoms with E-state index in [2.05, 4.69) is 15.3 Å². The number of aryl methyl sites for hydroxylation is 3. The van der Waals surface area contributed by atoms with Crippen molar-refractivity contribution in [1.82, 2.24) is 23.7 Å². The Labute approximate surface area is 196 Å². The molecule has 1 amide bonds. The molecule has 1 N–H and O–H groups in total. The van der Waals surface area contributed by atoms with Gasteiger partial charge >= 0.3 is 5.69 Å². The number of carbonyl (C=O) groups excluding carboxylic acids is 1. The van der Waals surface area contributed by atoms with Crippen LogP contribution in [0.15, 0.2) is 39.5 Å². The third kappa shape index (κ3) is 4.24. The summed E-state index contributed by atoms with van der Waals surface area (Å²) in [4.78, 5) is 56.2. The van der Waals surface area contributed by atoms with Gasteiger partial charge in [-0.3, -0.25) is 28.8 Å². The zero-order valence-corrected chi connectivity index (χ0v) is 19.5. The molecule has 0 aliphatic heterocycles. The summed E-state index contributed by atoms with van der Waals surface area (Å²) in [5.74, 6) is -0.250. The van der Waals surface area contributed by atoms with Crippen LogP contribution in [0.25, 0.3) is 22.4 Å². The van der Waals surface area contributed by atoms with E-state index in [4.69, 9.17) is 0 Å². The normalized spacial score (nSPS) is 11.1. The molecule has 0 unspecified atom stereocenters. The van der Waals surface area contributed by atoms with Gasteiger partial charge in [0, 0.05) is 49.6 Å². The maximum atomic E-state index is 12.5. The average Bonchev–Trinajstić information content (AvgIpc) is 3.44. The second-order valence-electron chi connectivity index (χ2n) is 7.76. The van der Waals surface area contributed by atoms with Gasteiger partial charge in [0.2, 0.25) is 5.91 Å². The number of hydrogen-bond donors (Lipinski definition) is 1. The zero-order valence-electron chi connectivity index (χ0n) is 18.6. The number of thiazole rings is 1. The third-order valence-corrected chi connectivity index (χ3v) is 6.23. The van der Waals surface area contributed by atoms with Gasteiger partial charge in [0.05, 0.1) is 16.9 Å². The van der Waals surface area contributed by atoms with Gasteiger partial charge in [0.15, 0.2) is 16.3 Å². The van der Waals surface area contributed by atoms with Crippen molar-refractivity contribution in [3.8, 4) is 11.3 Å². The highest BCUT2D eigenvalue weighted by Crippen LogP contribution is 2.29. The lowest BCUT2D eigenvalue weighted by Crippen LogP contribution is -2.37. The molecular formula is C21H21N7O5S. The lowest BCUT2D eigenvalue weighted by atomic mass is 10.1. The van der Waals surface area contributed by atoms with Crippen LogP contribution in [0.3, 0.4) is 0 Å². The largest absolute Gasteiger partial charge is 0.332 e. The monoisotopic (exact) mass is 483 g/mol. The maximum absolute atomic E-state index is 12.5. The molecule has 12 nitrogen and oxygen atoms in total. The van der Waals surface area contributed by atoms with Gasteiger partial charge in [-0.1, -0.05) is 12.1 Å². The standard InChI is InChI=1S/C21H21N7O5S/c1-12-6-7-13(9-15(12)28(32)33)14-10-34-20(23-14)24-16(29)5-4-8-27-11-22-18-17(27)19(30)26(3)21(31)25(18)2/h6-7,9-11H,4-5,8H2,1-3H3,(H,23,24,29). The zero-order chi connectivity index (χ0) is 24.6. The molecular weight excluding hydrogens is 462 g/mol. The molecule has 0 aliphatic rings. The minimum Gasteiger partial charge on any atom is -0.325 e. The molecule has 0 fully saturated rings. The number of carbonyl (C=O) groups is 1. The Balaban J connectivity index is 1.40. The second-order valence-corrected chi connectivity index (χ2v) is 8.62. The van der Waals surface area contributed by atoms with Gasteiger partial charge in [0.1, 0.15) is 0 Å². The Hall–Kier alpha value is -4.13. The molecule has 1 aromatic carbocycles. The number of amides is 1. The molecule has 4 rings (SSSR count). The summed E-state index contributed by atoms with van der Waals surface area (Å²) >= 11 is 1.23. The third-order valence-electron chi connectivity index (χ3n) is 5.47. The first-order valence-corrected chi connectivity index (χ1v) is 11.2. The number of rotatable bonds is 7. The van der Waals surface area contributed by atoms with E-state index in [9.17, 15) is 24.5 Å². The van der Waals surface area contributed by atoms with Gasteiger partial charge in [-0.25, -0.2) is 14.8 Å². The van der Waals surface area contributed by atoms with Crippen LogP contribution in [0.5, 0.6) is 0 Å². The number of fused-ring (bicyclic) bond motifs is 1. The quantitative estimate of drug-likeness (QED) is 0.313. The average molecular weight is 484 g/mol. The molecule has 0 bridgehead atoms. The van der Waals surface area contributed by atoms with E-state index >= 15 is 0 Å². The van der Waals surface area contributed by atoms with Crippen LogP contribution >= 0.6 is 11.3 Å². The number of benzene rings is 1. The summed E-state index contributed by atoms with van der Waals surface area (Å²) in [6.07, 6.45) is 2.10. The highest BCUT2D eigenvalue weighted by Gasteiger charge is 2.16. The highest BCUT2D eigenvalue weighted by molar-refractivity contribution is 7.14. The summed E-state index contributed by atoms with van der Waals surface area (Å²) < 4.78 is 3.97. The van der Waals surface area contributed by atoms with E-state index in [1.54, 1.807) is 36.1 Å². The molecule has 3 aromatic heterocycles. The first kappa shape index (κ1) is 23.0. The lowest BCUT2D eigenvalue weighted by Gasteiger charge is -2.06. The molecule has 0 saturated carbocycles. The topological polar surface area (TPSA) is 147 Å². The Bertz CT molecular complexity index is 1550. The predicted octanol–water partition coefficient (Wildman–Crippen LogP) is 2.19.